The fraction of sp³-hybridized carbons (Fsp3) is 0.423. The molecule has 1 aliphatic heterocycles. The topological polar surface area (TPSA) is 112 Å². The number of aryl methyl sites for hydroxylation is 1. The van der Waals surface area contributed by atoms with Crippen LogP contribution in [0.15, 0.2) is 18.2 Å². The van der Waals surface area contributed by atoms with Gasteiger partial charge in [0.1, 0.15) is 5.82 Å². The molecule has 0 atom stereocenters. The number of carbonyl (C=O) groups excluding carboxylic acids is 3. The number of anilines is 1. The molecule has 0 saturated carbocycles. The number of fused-ring (bicyclic) bond motifs is 1. The molecule has 10 heteroatoms. The number of amides is 3. The van der Waals surface area contributed by atoms with E-state index in [1.165, 1.54) is 18.2 Å². The summed E-state index contributed by atoms with van der Waals surface area (Å²) in [5.74, 6) is -1.61. The third-order valence-corrected chi connectivity index (χ3v) is 6.37. The molecule has 196 valence electrons. The zero-order valence-electron chi connectivity index (χ0n) is 21.2. The Labute approximate surface area is 217 Å². The number of likely N-dealkylation sites (N-methyl/N-ethyl adjacent to an activating group) is 1. The molecule has 3 rings (SSSR count). The Morgan fingerprint density at radius 3 is 2.56 bits per heavy atom. The summed E-state index contributed by atoms with van der Waals surface area (Å²) in [6.45, 7) is 11.2. The number of hydrogen-bond donors (Lipinski definition) is 3. The largest absolute Gasteiger partial charge is 0.358 e. The molecule has 0 aliphatic carbocycles. The van der Waals surface area contributed by atoms with Crippen molar-refractivity contribution in [2.75, 3.05) is 37.6 Å². The lowest BCUT2D eigenvalue weighted by atomic mass is 10.0. The standard InChI is InChI=1S/C26H34FN5O3.ClH/c1-5-31(6-2)13-12-29-25(34)24-16(3)21(30-17(24)4)15-20-19-14-18(27)9-10-22(19)32(26(20)35)23(33)8-7-11-28;/h9-10,14-15,30H,5-8,11-13,28H2,1-4H3,(H,29,34);1H/b20-15-;. The van der Waals surface area contributed by atoms with Gasteiger partial charge in [-0.1, -0.05) is 13.8 Å². The highest BCUT2D eigenvalue weighted by Crippen LogP contribution is 2.39. The van der Waals surface area contributed by atoms with Gasteiger partial charge in [0.25, 0.3) is 11.8 Å². The Bertz CT molecular complexity index is 1160. The van der Waals surface area contributed by atoms with Gasteiger partial charge in [-0.25, -0.2) is 9.29 Å². The van der Waals surface area contributed by atoms with Gasteiger partial charge in [0.05, 0.1) is 16.8 Å². The highest BCUT2D eigenvalue weighted by Gasteiger charge is 2.37. The maximum absolute atomic E-state index is 14.1. The van der Waals surface area contributed by atoms with E-state index < -0.39 is 11.7 Å². The van der Waals surface area contributed by atoms with Gasteiger partial charge in [0.2, 0.25) is 5.91 Å². The smallest absolute Gasteiger partial charge is 0.265 e. The van der Waals surface area contributed by atoms with Crippen LogP contribution in [0.3, 0.4) is 0 Å². The number of carbonyl (C=O) groups is 3. The first kappa shape index (κ1) is 29.2. The number of imide groups is 1. The molecule has 36 heavy (non-hydrogen) atoms. The second-order valence-electron chi connectivity index (χ2n) is 8.59. The molecule has 0 saturated heterocycles. The van der Waals surface area contributed by atoms with E-state index in [0.717, 1.165) is 24.5 Å². The molecule has 0 unspecified atom stereocenters. The number of benzene rings is 1. The molecule has 1 aromatic carbocycles. The molecule has 1 aromatic heterocycles. The maximum Gasteiger partial charge on any atom is 0.265 e. The molecule has 2 aromatic rings. The fourth-order valence-corrected chi connectivity index (χ4v) is 4.38. The number of rotatable bonds is 10. The summed E-state index contributed by atoms with van der Waals surface area (Å²) in [4.78, 5) is 45.4. The predicted octanol–water partition coefficient (Wildman–Crippen LogP) is 3.42. The lowest BCUT2D eigenvalue weighted by molar-refractivity contribution is -0.123. The van der Waals surface area contributed by atoms with Crippen LogP contribution in [-0.2, 0) is 9.59 Å². The van der Waals surface area contributed by atoms with Crippen molar-refractivity contribution >= 4 is 47.5 Å². The highest BCUT2D eigenvalue weighted by molar-refractivity contribution is 6.42. The van der Waals surface area contributed by atoms with E-state index in [9.17, 15) is 18.8 Å². The molecule has 4 N–H and O–H groups in total. The Kier molecular flexibility index (Phi) is 10.4. The summed E-state index contributed by atoms with van der Waals surface area (Å²) < 4.78 is 14.1. The zero-order chi connectivity index (χ0) is 25.7. The van der Waals surface area contributed by atoms with Crippen LogP contribution in [0.25, 0.3) is 11.6 Å². The first-order valence-electron chi connectivity index (χ1n) is 12.0. The van der Waals surface area contributed by atoms with Crippen molar-refractivity contribution in [3.63, 3.8) is 0 Å². The van der Waals surface area contributed by atoms with E-state index in [-0.39, 0.29) is 36.2 Å². The van der Waals surface area contributed by atoms with Gasteiger partial charge in [0, 0.05) is 36.5 Å². The van der Waals surface area contributed by atoms with Crippen molar-refractivity contribution in [2.45, 2.75) is 40.5 Å². The van der Waals surface area contributed by atoms with E-state index in [0.29, 0.717) is 53.3 Å². The third kappa shape index (κ3) is 6.03. The van der Waals surface area contributed by atoms with Crippen molar-refractivity contribution in [2.24, 2.45) is 5.73 Å². The molecule has 0 radical (unpaired) electrons. The second kappa shape index (κ2) is 12.8. The van der Waals surface area contributed by atoms with Gasteiger partial charge in [-0.3, -0.25) is 14.4 Å². The van der Waals surface area contributed by atoms with Crippen molar-refractivity contribution in [1.82, 2.24) is 15.2 Å². The van der Waals surface area contributed by atoms with Crippen LogP contribution in [0.2, 0.25) is 0 Å². The van der Waals surface area contributed by atoms with Gasteiger partial charge in [-0.15, -0.1) is 12.4 Å². The minimum atomic E-state index is -0.524. The van der Waals surface area contributed by atoms with Crippen LogP contribution in [0, 0.1) is 19.7 Å². The van der Waals surface area contributed by atoms with Crippen LogP contribution in [0.1, 0.15) is 59.6 Å². The summed E-state index contributed by atoms with van der Waals surface area (Å²) in [6.07, 6.45) is 2.15. The van der Waals surface area contributed by atoms with Gasteiger partial charge < -0.3 is 20.9 Å². The maximum atomic E-state index is 14.1. The number of halogens is 2. The SMILES string of the molecule is CCN(CC)CCNC(=O)c1c(C)[nH]c(/C=C2\C(=O)N(C(=O)CCCN)c3ccc(F)cc32)c1C.Cl. The minimum Gasteiger partial charge on any atom is -0.358 e. The van der Waals surface area contributed by atoms with E-state index >= 15 is 0 Å². The van der Waals surface area contributed by atoms with Crippen LogP contribution >= 0.6 is 12.4 Å². The number of aromatic amines is 1. The Balaban J connectivity index is 0.00000456. The number of hydrogen-bond acceptors (Lipinski definition) is 5. The average molecular weight is 520 g/mol. The van der Waals surface area contributed by atoms with Crippen molar-refractivity contribution in [3.8, 4) is 0 Å². The number of nitrogens with two attached hydrogens (primary N) is 1. The third-order valence-electron chi connectivity index (χ3n) is 6.37. The first-order valence-corrected chi connectivity index (χ1v) is 12.0. The fourth-order valence-electron chi connectivity index (χ4n) is 4.38. The first-order chi connectivity index (χ1) is 16.7. The van der Waals surface area contributed by atoms with Crippen molar-refractivity contribution in [3.05, 3.63) is 52.1 Å². The molecule has 8 nitrogen and oxygen atoms in total. The Morgan fingerprint density at radius 1 is 1.22 bits per heavy atom. The monoisotopic (exact) mass is 519 g/mol. The number of aromatic nitrogens is 1. The molecule has 3 amide bonds. The van der Waals surface area contributed by atoms with Crippen LogP contribution in [-0.4, -0.2) is 60.3 Å². The molecule has 0 spiro atoms. The van der Waals surface area contributed by atoms with Crippen molar-refractivity contribution in [1.29, 1.82) is 0 Å². The lowest BCUT2D eigenvalue weighted by Gasteiger charge is -2.18. The van der Waals surface area contributed by atoms with Crippen LogP contribution in [0.5, 0.6) is 0 Å². The second-order valence-corrected chi connectivity index (χ2v) is 8.59. The van der Waals surface area contributed by atoms with Gasteiger partial charge in [-0.2, -0.15) is 0 Å². The minimum absolute atomic E-state index is 0. The molecular weight excluding hydrogens is 485 g/mol. The predicted molar refractivity (Wildman–Crippen MR) is 143 cm³/mol. The Morgan fingerprint density at radius 2 is 1.92 bits per heavy atom. The van der Waals surface area contributed by atoms with Crippen molar-refractivity contribution < 1.29 is 18.8 Å². The number of H-pyrrole nitrogens is 1. The van der Waals surface area contributed by atoms with E-state index in [4.69, 9.17) is 5.73 Å². The van der Waals surface area contributed by atoms with E-state index in [1.807, 2.05) is 0 Å². The van der Waals surface area contributed by atoms with Crippen LogP contribution in [0.4, 0.5) is 10.1 Å². The normalized spacial score (nSPS) is 13.8. The Hall–Kier alpha value is -3.01. The van der Waals surface area contributed by atoms with Gasteiger partial charge in [0.15, 0.2) is 0 Å². The zero-order valence-corrected chi connectivity index (χ0v) is 22.1. The molecule has 2 heterocycles. The summed E-state index contributed by atoms with van der Waals surface area (Å²) in [7, 11) is 0. The average Bonchev–Trinajstić information content (AvgIpc) is 3.26. The summed E-state index contributed by atoms with van der Waals surface area (Å²) >= 11 is 0. The molecular formula is C26H35ClFN5O3. The highest BCUT2D eigenvalue weighted by atomic mass is 35.5. The van der Waals surface area contributed by atoms with E-state index in [1.54, 1.807) is 19.9 Å². The lowest BCUT2D eigenvalue weighted by Crippen LogP contribution is -2.35. The molecule has 1 aliphatic rings. The van der Waals surface area contributed by atoms with Gasteiger partial charge in [-0.05, 0) is 69.7 Å². The molecule has 0 bridgehead atoms. The molecule has 0 fully saturated rings. The summed E-state index contributed by atoms with van der Waals surface area (Å²) in [5.41, 5.74) is 8.81. The van der Waals surface area contributed by atoms with E-state index in [2.05, 4.69) is 29.0 Å². The quantitative estimate of drug-likeness (QED) is 0.416. The number of nitrogens with zero attached hydrogens (tertiary/aromatic N) is 2. The summed E-state index contributed by atoms with van der Waals surface area (Å²) in [6, 6.07) is 3.91. The summed E-state index contributed by atoms with van der Waals surface area (Å²) in [5, 5.41) is 2.96. The van der Waals surface area contributed by atoms with Gasteiger partial charge >= 0.3 is 0 Å². The van der Waals surface area contributed by atoms with Crippen LogP contribution < -0.4 is 16.0 Å². The number of nitrogens with one attached hydrogen (secondary N) is 2.